The molecule has 0 atom stereocenters. The van der Waals surface area contributed by atoms with E-state index in [0.717, 1.165) is 28.1 Å². The van der Waals surface area contributed by atoms with Crippen LogP contribution in [0.4, 0.5) is 5.95 Å². The molecular formula is C12H12N4O. The Morgan fingerprint density at radius 1 is 1.35 bits per heavy atom. The number of nitrogens with zero attached hydrogens (tertiary/aromatic N) is 3. The van der Waals surface area contributed by atoms with Crippen LogP contribution in [0.15, 0.2) is 29.0 Å². The van der Waals surface area contributed by atoms with E-state index >= 15 is 0 Å². The first-order chi connectivity index (χ1) is 8.16. The summed E-state index contributed by atoms with van der Waals surface area (Å²) >= 11 is 0. The van der Waals surface area contributed by atoms with Crippen molar-refractivity contribution >= 4 is 17.0 Å². The lowest BCUT2D eigenvalue weighted by Gasteiger charge is -2.04. The summed E-state index contributed by atoms with van der Waals surface area (Å²) < 4.78 is 7.16. The minimum absolute atomic E-state index is 0.509. The second-order valence-electron chi connectivity index (χ2n) is 4.00. The van der Waals surface area contributed by atoms with Crippen molar-refractivity contribution in [3.8, 4) is 11.3 Å². The second-order valence-corrected chi connectivity index (χ2v) is 4.00. The molecule has 5 nitrogen and oxygen atoms in total. The lowest BCUT2D eigenvalue weighted by atomic mass is 10.1. The topological polar surface area (TPSA) is 69.9 Å². The van der Waals surface area contributed by atoms with Crippen molar-refractivity contribution in [1.29, 1.82) is 0 Å². The quantitative estimate of drug-likeness (QED) is 0.692. The molecule has 3 aromatic rings. The molecule has 5 heteroatoms. The van der Waals surface area contributed by atoms with Gasteiger partial charge in [-0.15, -0.1) is 0 Å². The first kappa shape index (κ1) is 9.89. The Morgan fingerprint density at radius 3 is 2.88 bits per heavy atom. The molecule has 0 aliphatic carbocycles. The molecular weight excluding hydrogens is 216 g/mol. The molecule has 0 fully saturated rings. The molecule has 3 rings (SSSR count). The zero-order valence-corrected chi connectivity index (χ0v) is 9.64. The summed E-state index contributed by atoms with van der Waals surface area (Å²) in [5, 5.41) is 0. The monoisotopic (exact) mass is 228 g/mol. The SMILES string of the molecule is Cc1nc(N)n(C)c1-c1ccc2ncoc2c1. The molecule has 0 saturated carbocycles. The van der Waals surface area contributed by atoms with E-state index in [1.807, 2.05) is 36.7 Å². The van der Waals surface area contributed by atoms with Crippen LogP contribution in [-0.4, -0.2) is 14.5 Å². The zero-order valence-electron chi connectivity index (χ0n) is 9.64. The molecule has 0 aliphatic rings. The predicted octanol–water partition coefficient (Wildman–Crippen LogP) is 2.12. The molecule has 2 heterocycles. The summed E-state index contributed by atoms with van der Waals surface area (Å²) in [7, 11) is 1.90. The van der Waals surface area contributed by atoms with Crippen molar-refractivity contribution in [2.75, 3.05) is 5.73 Å². The number of rotatable bonds is 1. The van der Waals surface area contributed by atoms with Crippen LogP contribution < -0.4 is 5.73 Å². The molecule has 0 saturated heterocycles. The average Bonchev–Trinajstić information content (AvgIpc) is 2.84. The van der Waals surface area contributed by atoms with Crippen LogP contribution >= 0.6 is 0 Å². The standard InChI is InChI=1S/C12H12N4O/c1-7-11(16(2)12(13)15-7)8-3-4-9-10(5-8)17-6-14-9/h3-6H,1-2H3,(H2,13,15). The van der Waals surface area contributed by atoms with E-state index in [0.29, 0.717) is 5.95 Å². The Kier molecular flexibility index (Phi) is 1.95. The van der Waals surface area contributed by atoms with Gasteiger partial charge in [-0.1, -0.05) is 6.07 Å². The highest BCUT2D eigenvalue weighted by atomic mass is 16.3. The van der Waals surface area contributed by atoms with Crippen molar-refractivity contribution in [2.24, 2.45) is 7.05 Å². The van der Waals surface area contributed by atoms with Crippen LogP contribution in [-0.2, 0) is 7.05 Å². The summed E-state index contributed by atoms with van der Waals surface area (Å²) in [6, 6.07) is 5.87. The van der Waals surface area contributed by atoms with E-state index in [1.54, 1.807) is 0 Å². The third kappa shape index (κ3) is 1.39. The van der Waals surface area contributed by atoms with Gasteiger partial charge in [-0.2, -0.15) is 0 Å². The molecule has 1 aromatic carbocycles. The minimum Gasteiger partial charge on any atom is -0.443 e. The number of imidazole rings is 1. The predicted molar refractivity (Wildman–Crippen MR) is 65.4 cm³/mol. The van der Waals surface area contributed by atoms with Gasteiger partial charge in [-0.25, -0.2) is 9.97 Å². The van der Waals surface area contributed by atoms with Crippen molar-refractivity contribution in [3.63, 3.8) is 0 Å². The second kappa shape index (κ2) is 3.35. The molecule has 0 spiro atoms. The minimum atomic E-state index is 0.509. The number of anilines is 1. The Bertz CT molecular complexity index is 696. The van der Waals surface area contributed by atoms with Crippen molar-refractivity contribution in [1.82, 2.24) is 14.5 Å². The Hall–Kier alpha value is -2.30. The summed E-state index contributed by atoms with van der Waals surface area (Å²) in [5.74, 6) is 0.509. The fourth-order valence-corrected chi connectivity index (χ4v) is 2.06. The van der Waals surface area contributed by atoms with Crippen LogP contribution in [0.1, 0.15) is 5.69 Å². The largest absolute Gasteiger partial charge is 0.443 e. The van der Waals surface area contributed by atoms with Gasteiger partial charge in [0, 0.05) is 12.6 Å². The van der Waals surface area contributed by atoms with E-state index in [-0.39, 0.29) is 0 Å². The smallest absolute Gasteiger partial charge is 0.200 e. The van der Waals surface area contributed by atoms with Crippen molar-refractivity contribution in [3.05, 3.63) is 30.3 Å². The number of aryl methyl sites for hydroxylation is 1. The van der Waals surface area contributed by atoms with Gasteiger partial charge in [0.25, 0.3) is 0 Å². The average molecular weight is 228 g/mol. The van der Waals surface area contributed by atoms with Crippen LogP contribution in [0.3, 0.4) is 0 Å². The fraction of sp³-hybridized carbons (Fsp3) is 0.167. The van der Waals surface area contributed by atoms with E-state index in [2.05, 4.69) is 9.97 Å². The van der Waals surface area contributed by atoms with Crippen LogP contribution in [0.2, 0.25) is 0 Å². The van der Waals surface area contributed by atoms with E-state index in [9.17, 15) is 0 Å². The first-order valence-corrected chi connectivity index (χ1v) is 5.29. The van der Waals surface area contributed by atoms with E-state index < -0.39 is 0 Å². The van der Waals surface area contributed by atoms with E-state index in [1.165, 1.54) is 6.39 Å². The number of benzene rings is 1. The van der Waals surface area contributed by atoms with Gasteiger partial charge in [0.15, 0.2) is 12.0 Å². The van der Waals surface area contributed by atoms with Crippen molar-refractivity contribution in [2.45, 2.75) is 6.92 Å². The van der Waals surface area contributed by atoms with Gasteiger partial charge in [-0.3, -0.25) is 0 Å². The molecule has 0 aliphatic heterocycles. The molecule has 0 unspecified atom stereocenters. The van der Waals surface area contributed by atoms with Gasteiger partial charge in [0.2, 0.25) is 5.95 Å². The Labute approximate surface area is 97.9 Å². The van der Waals surface area contributed by atoms with Crippen LogP contribution in [0.25, 0.3) is 22.4 Å². The van der Waals surface area contributed by atoms with Crippen LogP contribution in [0.5, 0.6) is 0 Å². The molecule has 86 valence electrons. The highest BCUT2D eigenvalue weighted by Gasteiger charge is 2.12. The number of aromatic nitrogens is 3. The molecule has 2 aromatic heterocycles. The summed E-state index contributed by atoms with van der Waals surface area (Å²) in [5.41, 5.74) is 10.3. The highest BCUT2D eigenvalue weighted by Crippen LogP contribution is 2.27. The molecule has 2 N–H and O–H groups in total. The van der Waals surface area contributed by atoms with Gasteiger partial charge in [0.1, 0.15) is 5.52 Å². The molecule has 17 heavy (non-hydrogen) atoms. The Balaban J connectivity index is 2.26. The maximum absolute atomic E-state index is 5.79. The van der Waals surface area contributed by atoms with Gasteiger partial charge in [-0.05, 0) is 19.1 Å². The number of oxazole rings is 1. The van der Waals surface area contributed by atoms with Gasteiger partial charge in [0.05, 0.1) is 11.4 Å². The van der Waals surface area contributed by atoms with Crippen molar-refractivity contribution < 1.29 is 4.42 Å². The van der Waals surface area contributed by atoms with Gasteiger partial charge < -0.3 is 14.7 Å². The Morgan fingerprint density at radius 2 is 2.18 bits per heavy atom. The zero-order chi connectivity index (χ0) is 12.0. The summed E-state index contributed by atoms with van der Waals surface area (Å²) in [4.78, 5) is 8.34. The molecule has 0 bridgehead atoms. The summed E-state index contributed by atoms with van der Waals surface area (Å²) in [6.45, 7) is 1.94. The third-order valence-corrected chi connectivity index (χ3v) is 2.91. The normalized spacial score (nSPS) is 11.2. The lowest BCUT2D eigenvalue weighted by molar-refractivity contribution is 0.602. The number of hydrogen-bond acceptors (Lipinski definition) is 4. The fourth-order valence-electron chi connectivity index (χ4n) is 2.06. The van der Waals surface area contributed by atoms with Crippen LogP contribution in [0, 0.1) is 6.92 Å². The third-order valence-electron chi connectivity index (χ3n) is 2.91. The number of nitrogen functional groups attached to an aromatic ring is 1. The molecule has 0 amide bonds. The molecule has 0 radical (unpaired) electrons. The maximum Gasteiger partial charge on any atom is 0.200 e. The first-order valence-electron chi connectivity index (χ1n) is 5.29. The highest BCUT2D eigenvalue weighted by molar-refractivity contribution is 5.80. The van der Waals surface area contributed by atoms with Gasteiger partial charge >= 0.3 is 0 Å². The lowest BCUT2D eigenvalue weighted by Crippen LogP contribution is -1.98. The van der Waals surface area contributed by atoms with E-state index in [4.69, 9.17) is 10.2 Å². The number of hydrogen-bond donors (Lipinski definition) is 1. The number of fused-ring (bicyclic) bond motifs is 1. The number of nitrogens with two attached hydrogens (primary N) is 1. The summed E-state index contributed by atoms with van der Waals surface area (Å²) in [6.07, 6.45) is 1.44. The maximum atomic E-state index is 5.79.